The first kappa shape index (κ1) is 36.9. The van der Waals surface area contributed by atoms with Crippen molar-refractivity contribution in [1.82, 2.24) is 0 Å². The van der Waals surface area contributed by atoms with Gasteiger partial charge in [0, 0.05) is 24.8 Å². The average molecular weight is 675 g/mol. The van der Waals surface area contributed by atoms with E-state index < -0.39 is 33.8 Å². The van der Waals surface area contributed by atoms with Crippen LogP contribution in [-0.4, -0.2) is 34.8 Å². The number of hydrogen-bond acceptors (Lipinski definition) is 6. The molecule has 0 fully saturated rings. The maximum atomic E-state index is 13.8. The van der Waals surface area contributed by atoms with Gasteiger partial charge in [0.1, 0.15) is 17.6 Å². The smallest absolute Gasteiger partial charge is 0.339 e. The van der Waals surface area contributed by atoms with Crippen LogP contribution in [0.5, 0.6) is 5.75 Å². The molecular weight excluding hydrogens is 609 g/mol. The van der Waals surface area contributed by atoms with Crippen molar-refractivity contribution in [2.75, 3.05) is 0 Å². The van der Waals surface area contributed by atoms with Crippen molar-refractivity contribution in [2.45, 2.75) is 156 Å². The molecule has 0 radical (unpaired) electrons. The van der Waals surface area contributed by atoms with Gasteiger partial charge in [0.25, 0.3) is 0 Å². The highest BCUT2D eigenvalue weighted by molar-refractivity contribution is 6.74. The molecule has 1 aromatic rings. The molecule has 2 aliphatic carbocycles. The van der Waals surface area contributed by atoms with E-state index in [1.165, 1.54) is 6.07 Å². The minimum Gasteiger partial charge on any atom is -0.544 e. The molecule has 0 amide bonds. The van der Waals surface area contributed by atoms with Gasteiger partial charge < -0.3 is 18.0 Å². The first-order chi connectivity index (χ1) is 21.7. The quantitative estimate of drug-likeness (QED) is 0.136. The summed E-state index contributed by atoms with van der Waals surface area (Å²) < 4.78 is 34.6. The van der Waals surface area contributed by atoms with E-state index in [0.29, 0.717) is 30.4 Å². The fourth-order valence-corrected chi connectivity index (χ4v) is 9.81. The fourth-order valence-electron chi connectivity index (χ4n) is 6.47. The molecule has 0 unspecified atom stereocenters. The van der Waals surface area contributed by atoms with Gasteiger partial charge >= 0.3 is 11.6 Å². The van der Waals surface area contributed by atoms with Crippen LogP contribution in [0.15, 0.2) is 45.1 Å². The van der Waals surface area contributed by atoms with Gasteiger partial charge in [-0.1, -0.05) is 85.4 Å². The Bertz CT molecular complexity index is 1340. The van der Waals surface area contributed by atoms with Crippen molar-refractivity contribution in [3.63, 3.8) is 0 Å². The molecule has 1 aromatic heterocycles. The summed E-state index contributed by atoms with van der Waals surface area (Å²) in [6.45, 7) is 26.0. The lowest BCUT2D eigenvalue weighted by atomic mass is 9.66. The highest BCUT2D eigenvalue weighted by Crippen LogP contribution is 2.46. The molecule has 0 aliphatic heterocycles. The molecule has 0 saturated heterocycles. The second kappa shape index (κ2) is 15.5. The monoisotopic (exact) mass is 674 g/mol. The minimum atomic E-state index is -2.14. The summed E-state index contributed by atoms with van der Waals surface area (Å²) in [4.78, 5) is 26.4. The number of ether oxygens (including phenoxy) is 1. The van der Waals surface area contributed by atoms with Gasteiger partial charge in [-0.25, -0.2) is 4.79 Å². The molecule has 3 rings (SSSR count). The zero-order chi connectivity index (χ0) is 35.4. The number of allylic oxidation sites excluding steroid dienone is 2. The van der Waals surface area contributed by atoms with Gasteiger partial charge in [0.15, 0.2) is 8.32 Å². The van der Waals surface area contributed by atoms with E-state index in [1.807, 2.05) is 26.0 Å². The van der Waals surface area contributed by atoms with Crippen LogP contribution < -0.4 is 10.1 Å². The molecule has 0 N–H and O–H groups in total. The first-order valence-corrected chi connectivity index (χ1v) is 23.8. The van der Waals surface area contributed by atoms with E-state index in [0.717, 1.165) is 50.1 Å². The molecule has 2 aliphatic rings. The van der Waals surface area contributed by atoms with E-state index in [-0.39, 0.29) is 34.9 Å². The summed E-state index contributed by atoms with van der Waals surface area (Å²) in [7, 11) is -4.10. The number of rotatable bonds is 15. The van der Waals surface area contributed by atoms with Crippen molar-refractivity contribution in [3.05, 3.63) is 52.1 Å². The Kier molecular flexibility index (Phi) is 12.5. The summed E-state index contributed by atoms with van der Waals surface area (Å²) in [5.41, 5.74) is -0.0807. The zero-order valence-electron chi connectivity index (χ0n) is 32.0. The molecule has 5 atom stereocenters. The second-order valence-electron chi connectivity index (χ2n) is 16.6. The summed E-state index contributed by atoms with van der Waals surface area (Å²) >= 11 is 0. The number of fused-ring (bicyclic) bond motifs is 1. The molecule has 0 aromatic carbocycles. The standard InChI is InChI=1S/C38H64O6Si2/c1-13-15-21-38(7,8)36(40)42-33-25-30(44-46(11,12)37(4,5)6)23-28-18-17-27(3)32(35(28)33)20-19-29-24-31(26-34(39)41-29)43-45(9,10)22-16-14-2/h17-18,23-24,26-27,30,32-33,35H,13-16,19-22,25H2,1-12H3/t27-,30-,32-,33-,35-/m0/s1/i18T. The van der Waals surface area contributed by atoms with E-state index in [9.17, 15) is 9.59 Å². The van der Waals surface area contributed by atoms with Gasteiger partial charge in [0.2, 0.25) is 8.32 Å². The highest BCUT2D eigenvalue weighted by atomic mass is 28.4. The Morgan fingerprint density at radius 1 is 1.07 bits per heavy atom. The van der Waals surface area contributed by atoms with Crippen LogP contribution in [0.25, 0.3) is 0 Å². The van der Waals surface area contributed by atoms with Crippen LogP contribution in [-0.2, 0) is 20.4 Å². The molecule has 6 nitrogen and oxygen atoms in total. The predicted molar refractivity (Wildman–Crippen MR) is 194 cm³/mol. The SMILES string of the molecule is [3H]C1=C[C@H](C)[C@H](CCc2cc(O[Si](C)(C)CCCC)cc(=O)o2)[C@@H]2C1=C[C@H](O[Si](C)(C)C(C)(C)C)C[C@@H]2OC(=O)C(C)(C)CCCC. The van der Waals surface area contributed by atoms with E-state index >= 15 is 0 Å². The van der Waals surface area contributed by atoms with Crippen LogP contribution in [0.3, 0.4) is 0 Å². The largest absolute Gasteiger partial charge is 0.544 e. The number of carbonyl (C=O) groups is 1. The highest BCUT2D eigenvalue weighted by Gasteiger charge is 2.46. The molecule has 1 heterocycles. The van der Waals surface area contributed by atoms with Crippen LogP contribution in [0, 0.1) is 23.2 Å². The molecular formula is C38H64O6Si2. The lowest BCUT2D eigenvalue weighted by Crippen LogP contribution is -2.49. The third kappa shape index (κ3) is 10.3. The maximum Gasteiger partial charge on any atom is 0.339 e. The molecule has 0 bridgehead atoms. The number of hydrogen-bond donors (Lipinski definition) is 0. The summed E-state index contributed by atoms with van der Waals surface area (Å²) in [5, 5.41) is 0.0236. The van der Waals surface area contributed by atoms with Gasteiger partial charge in [-0.3, -0.25) is 4.79 Å². The van der Waals surface area contributed by atoms with E-state index in [1.54, 1.807) is 0 Å². The summed E-state index contributed by atoms with van der Waals surface area (Å²) in [6.07, 6.45) is 10.4. The van der Waals surface area contributed by atoms with Gasteiger partial charge in [-0.05, 0) is 81.4 Å². The van der Waals surface area contributed by atoms with Crippen LogP contribution in [0.4, 0.5) is 0 Å². The topological polar surface area (TPSA) is 75.0 Å². The number of carbonyl (C=O) groups excluding carboxylic acids is 1. The van der Waals surface area contributed by atoms with Crippen molar-refractivity contribution in [1.29, 1.82) is 0 Å². The normalized spacial score (nSPS) is 24.4. The van der Waals surface area contributed by atoms with E-state index in [4.69, 9.17) is 19.4 Å². The molecule has 0 saturated carbocycles. The Morgan fingerprint density at radius 2 is 1.74 bits per heavy atom. The van der Waals surface area contributed by atoms with Crippen molar-refractivity contribution >= 4 is 22.6 Å². The maximum absolute atomic E-state index is 13.8. The van der Waals surface area contributed by atoms with Gasteiger partial charge in [-0.15, -0.1) is 0 Å². The number of unbranched alkanes of at least 4 members (excludes halogenated alkanes) is 2. The molecule has 8 heteroatoms. The first-order valence-electron chi connectivity index (χ1n) is 18.3. The number of aryl methyl sites for hydroxylation is 1. The fraction of sp³-hybridized carbons (Fsp3) is 0.737. The van der Waals surface area contributed by atoms with Crippen LogP contribution >= 0.6 is 0 Å². The Balaban J connectivity index is 1.95. The van der Waals surface area contributed by atoms with Crippen molar-refractivity contribution in [3.8, 4) is 5.75 Å². The Labute approximate surface area is 283 Å². The lowest BCUT2D eigenvalue weighted by molar-refractivity contribution is -0.165. The molecule has 0 spiro atoms. The van der Waals surface area contributed by atoms with Gasteiger partial charge in [0.05, 0.1) is 19.0 Å². The zero-order valence-corrected chi connectivity index (χ0v) is 33.0. The number of esters is 1. The lowest BCUT2D eigenvalue weighted by Gasteiger charge is -2.46. The van der Waals surface area contributed by atoms with Crippen molar-refractivity contribution in [2.24, 2.45) is 23.2 Å². The minimum absolute atomic E-state index is 0.0236. The second-order valence-corrected chi connectivity index (χ2v) is 25.6. The van der Waals surface area contributed by atoms with Crippen LogP contribution in [0.2, 0.25) is 37.3 Å². The average Bonchev–Trinajstić information content (AvgIpc) is 2.93. The summed E-state index contributed by atoms with van der Waals surface area (Å²) in [6, 6.07) is 4.88. The Morgan fingerprint density at radius 3 is 2.37 bits per heavy atom. The third-order valence-corrected chi connectivity index (χ3v) is 17.4. The van der Waals surface area contributed by atoms with E-state index in [2.05, 4.69) is 73.8 Å². The van der Waals surface area contributed by atoms with Gasteiger partial charge in [-0.2, -0.15) is 0 Å². The summed E-state index contributed by atoms with van der Waals surface area (Å²) in [5.74, 6) is 1.06. The van der Waals surface area contributed by atoms with Crippen molar-refractivity contribution < 1.29 is 24.2 Å². The molecule has 260 valence electrons. The Hall–Kier alpha value is -1.91. The van der Waals surface area contributed by atoms with Crippen LogP contribution in [0.1, 0.15) is 107 Å². The third-order valence-electron chi connectivity index (χ3n) is 10.5. The molecule has 46 heavy (non-hydrogen) atoms. The predicted octanol–water partition coefficient (Wildman–Crippen LogP) is 10.2.